The van der Waals surface area contributed by atoms with Gasteiger partial charge in [-0.1, -0.05) is 6.07 Å². The minimum Gasteiger partial charge on any atom is -0.340 e. The highest BCUT2D eigenvalue weighted by Gasteiger charge is 2.23. The summed E-state index contributed by atoms with van der Waals surface area (Å²) in [5.41, 5.74) is 1.39. The van der Waals surface area contributed by atoms with E-state index >= 15 is 0 Å². The molecule has 1 aliphatic heterocycles. The molecule has 1 atom stereocenters. The first-order valence-electron chi connectivity index (χ1n) is 7.32. The van der Waals surface area contributed by atoms with Crippen LogP contribution in [0.25, 0.3) is 0 Å². The second-order valence-corrected chi connectivity index (χ2v) is 5.75. The van der Waals surface area contributed by atoms with Crippen LogP contribution in [0.2, 0.25) is 0 Å². The van der Waals surface area contributed by atoms with Crippen LogP contribution < -0.4 is 0 Å². The second-order valence-electron chi connectivity index (χ2n) is 5.75. The van der Waals surface area contributed by atoms with E-state index in [2.05, 4.69) is 14.5 Å². The lowest BCUT2D eigenvalue weighted by atomic mass is 9.97. The number of imidazole rings is 1. The molecule has 110 valence electrons. The molecule has 0 aromatic carbocycles. The Kier molecular flexibility index (Phi) is 3.73. The van der Waals surface area contributed by atoms with Crippen molar-refractivity contribution in [3.63, 3.8) is 0 Å². The van der Waals surface area contributed by atoms with Gasteiger partial charge in [0.25, 0.3) is 5.91 Å². The van der Waals surface area contributed by atoms with Crippen molar-refractivity contribution in [3.05, 3.63) is 47.8 Å². The first kappa shape index (κ1) is 13.8. The van der Waals surface area contributed by atoms with Crippen molar-refractivity contribution in [2.45, 2.75) is 26.3 Å². The minimum atomic E-state index is -0.00684. The Morgan fingerprint density at radius 2 is 2.33 bits per heavy atom. The number of carbonyl (C=O) groups excluding carboxylic acids is 1. The smallest absolute Gasteiger partial charge is 0.272 e. The predicted molar refractivity (Wildman–Crippen MR) is 80.0 cm³/mol. The van der Waals surface area contributed by atoms with Crippen molar-refractivity contribution in [1.29, 1.82) is 0 Å². The Morgan fingerprint density at radius 1 is 1.48 bits per heavy atom. The summed E-state index contributed by atoms with van der Waals surface area (Å²) in [7, 11) is 1.85. The van der Waals surface area contributed by atoms with Crippen LogP contribution in [-0.4, -0.2) is 38.9 Å². The summed E-state index contributed by atoms with van der Waals surface area (Å²) in [4.78, 5) is 22.9. The fourth-order valence-electron chi connectivity index (χ4n) is 2.90. The van der Waals surface area contributed by atoms with E-state index in [0.717, 1.165) is 37.4 Å². The zero-order chi connectivity index (χ0) is 14.8. The van der Waals surface area contributed by atoms with Crippen molar-refractivity contribution in [2.24, 2.45) is 5.92 Å². The van der Waals surface area contributed by atoms with Crippen LogP contribution >= 0.6 is 0 Å². The molecular formula is C16H20N4O. The summed E-state index contributed by atoms with van der Waals surface area (Å²) in [5.74, 6) is 1.59. The molecule has 5 nitrogen and oxygen atoms in total. The summed E-state index contributed by atoms with van der Waals surface area (Å²) in [5, 5.41) is 0. The Bertz CT molecular complexity index is 649. The molecule has 0 bridgehead atoms. The molecule has 1 amide bonds. The fraction of sp³-hybridized carbons (Fsp3) is 0.438. The molecule has 0 fully saturated rings. The van der Waals surface area contributed by atoms with Crippen LogP contribution in [0.1, 0.15) is 28.4 Å². The lowest BCUT2D eigenvalue weighted by Crippen LogP contribution is -2.35. The normalized spacial score (nSPS) is 17.3. The first-order chi connectivity index (χ1) is 10.1. The third kappa shape index (κ3) is 2.96. The minimum absolute atomic E-state index is 0.00684. The van der Waals surface area contributed by atoms with E-state index in [4.69, 9.17) is 0 Å². The van der Waals surface area contributed by atoms with Crippen LogP contribution in [0.3, 0.4) is 0 Å². The van der Waals surface area contributed by atoms with Crippen LogP contribution in [0.5, 0.6) is 0 Å². The molecule has 3 rings (SSSR count). The molecule has 0 saturated carbocycles. The molecule has 0 aliphatic carbocycles. The van der Waals surface area contributed by atoms with Gasteiger partial charge in [0.1, 0.15) is 11.5 Å². The highest BCUT2D eigenvalue weighted by molar-refractivity contribution is 5.92. The van der Waals surface area contributed by atoms with E-state index in [1.165, 1.54) is 0 Å². The Balaban J connectivity index is 1.64. The van der Waals surface area contributed by atoms with Gasteiger partial charge in [-0.25, -0.2) is 9.97 Å². The van der Waals surface area contributed by atoms with Gasteiger partial charge in [-0.05, 0) is 31.4 Å². The number of carbonyl (C=O) groups is 1. The van der Waals surface area contributed by atoms with Crippen LogP contribution in [-0.2, 0) is 13.0 Å². The molecule has 0 unspecified atom stereocenters. The molecule has 1 aliphatic rings. The van der Waals surface area contributed by atoms with Gasteiger partial charge in [0.2, 0.25) is 0 Å². The molecule has 5 heteroatoms. The van der Waals surface area contributed by atoms with Gasteiger partial charge in [-0.15, -0.1) is 0 Å². The molecule has 0 N–H and O–H groups in total. The fourth-order valence-corrected chi connectivity index (χ4v) is 2.90. The summed E-state index contributed by atoms with van der Waals surface area (Å²) >= 11 is 0. The maximum absolute atomic E-state index is 12.4. The Morgan fingerprint density at radius 3 is 3.14 bits per heavy atom. The average molecular weight is 284 g/mol. The highest BCUT2D eigenvalue weighted by atomic mass is 16.2. The number of aromatic nitrogens is 3. The molecule has 3 heterocycles. The molecule has 0 saturated heterocycles. The highest BCUT2D eigenvalue weighted by Crippen LogP contribution is 2.20. The number of rotatable bonds is 3. The quantitative estimate of drug-likeness (QED) is 0.865. The van der Waals surface area contributed by atoms with Gasteiger partial charge in [0.05, 0.1) is 0 Å². The Labute approximate surface area is 124 Å². The zero-order valence-corrected chi connectivity index (χ0v) is 12.5. The summed E-state index contributed by atoms with van der Waals surface area (Å²) in [6.45, 7) is 3.64. The Hall–Kier alpha value is -2.17. The van der Waals surface area contributed by atoms with Crippen LogP contribution in [0.4, 0.5) is 0 Å². The van der Waals surface area contributed by atoms with Gasteiger partial charge in [-0.2, -0.15) is 0 Å². The third-order valence-electron chi connectivity index (χ3n) is 4.04. The summed E-state index contributed by atoms with van der Waals surface area (Å²) in [6.07, 6.45) is 5.90. The first-order valence-corrected chi connectivity index (χ1v) is 7.32. The number of hydrogen-bond donors (Lipinski definition) is 0. The van der Waals surface area contributed by atoms with Crippen molar-refractivity contribution in [2.75, 3.05) is 13.6 Å². The lowest BCUT2D eigenvalue weighted by Gasteiger charge is -2.27. The second kappa shape index (κ2) is 5.68. The predicted octanol–water partition coefficient (Wildman–Crippen LogP) is 1.92. The van der Waals surface area contributed by atoms with Crippen LogP contribution in [0, 0.1) is 12.8 Å². The van der Waals surface area contributed by atoms with Crippen molar-refractivity contribution in [3.8, 4) is 0 Å². The van der Waals surface area contributed by atoms with Gasteiger partial charge >= 0.3 is 0 Å². The van der Waals surface area contributed by atoms with Gasteiger partial charge in [0, 0.05) is 44.6 Å². The molecule has 0 spiro atoms. The van der Waals surface area contributed by atoms with Crippen molar-refractivity contribution >= 4 is 5.91 Å². The molecule has 2 aromatic heterocycles. The maximum atomic E-state index is 12.4. The van der Waals surface area contributed by atoms with E-state index in [1.807, 2.05) is 38.5 Å². The largest absolute Gasteiger partial charge is 0.340 e. The topological polar surface area (TPSA) is 51.0 Å². The van der Waals surface area contributed by atoms with Gasteiger partial charge < -0.3 is 9.47 Å². The number of aryl methyl sites for hydroxylation is 2. The van der Waals surface area contributed by atoms with Crippen molar-refractivity contribution in [1.82, 2.24) is 19.4 Å². The standard InChI is InChI=1S/C16H20N4O/c1-12-4-3-5-14(18-12)16(21)19(2)11-13-6-8-20-9-7-17-15(20)10-13/h3-5,7,9,13H,6,8,10-11H2,1-2H3/t13-/m0/s1. The summed E-state index contributed by atoms with van der Waals surface area (Å²) in [6, 6.07) is 5.55. The van der Waals surface area contributed by atoms with E-state index < -0.39 is 0 Å². The number of pyridine rings is 1. The third-order valence-corrected chi connectivity index (χ3v) is 4.04. The average Bonchev–Trinajstić information content (AvgIpc) is 2.94. The number of amides is 1. The maximum Gasteiger partial charge on any atom is 0.272 e. The number of fused-ring (bicyclic) bond motifs is 1. The van der Waals surface area contributed by atoms with Crippen LogP contribution in [0.15, 0.2) is 30.6 Å². The number of nitrogens with zero attached hydrogens (tertiary/aromatic N) is 4. The molecule has 0 radical (unpaired) electrons. The monoisotopic (exact) mass is 284 g/mol. The molecule has 21 heavy (non-hydrogen) atoms. The van der Waals surface area contributed by atoms with E-state index in [1.54, 1.807) is 11.0 Å². The zero-order valence-electron chi connectivity index (χ0n) is 12.5. The molecular weight excluding hydrogens is 264 g/mol. The molecule has 2 aromatic rings. The summed E-state index contributed by atoms with van der Waals surface area (Å²) < 4.78 is 2.19. The van der Waals surface area contributed by atoms with Gasteiger partial charge in [-0.3, -0.25) is 4.79 Å². The SMILES string of the molecule is Cc1cccc(C(=O)N(C)C[C@H]2CCn3ccnc3C2)n1. The van der Waals surface area contributed by atoms with E-state index in [9.17, 15) is 4.79 Å². The van der Waals surface area contributed by atoms with E-state index in [-0.39, 0.29) is 5.91 Å². The van der Waals surface area contributed by atoms with Gasteiger partial charge in [0.15, 0.2) is 0 Å². The van der Waals surface area contributed by atoms with E-state index in [0.29, 0.717) is 11.6 Å². The van der Waals surface area contributed by atoms with Crippen molar-refractivity contribution < 1.29 is 4.79 Å². The number of hydrogen-bond acceptors (Lipinski definition) is 3. The lowest BCUT2D eigenvalue weighted by molar-refractivity contribution is 0.0758.